The number of fused-ring (bicyclic) bond motifs is 1. The lowest BCUT2D eigenvalue weighted by atomic mass is 9.48. The highest BCUT2D eigenvalue weighted by Gasteiger charge is 2.52. The van der Waals surface area contributed by atoms with E-state index in [1.54, 1.807) is 0 Å². The van der Waals surface area contributed by atoms with Crippen molar-refractivity contribution >= 4 is 22.4 Å². The second-order valence-corrected chi connectivity index (χ2v) is 9.61. The Morgan fingerprint density at radius 1 is 0.897 bits per heavy atom. The van der Waals surface area contributed by atoms with Crippen LogP contribution in [0.2, 0.25) is 0 Å². The average Bonchev–Trinajstić information content (AvgIpc) is 2.73. The highest BCUT2D eigenvalue weighted by atomic mass is 16.1. The molecule has 146 valence electrons. The van der Waals surface area contributed by atoms with Crippen molar-refractivity contribution in [1.29, 1.82) is 0 Å². The fraction of sp³-hybridized carbons (Fsp3) is 0.385. The molecule has 4 bridgehead atoms. The summed E-state index contributed by atoms with van der Waals surface area (Å²) in [7, 11) is 0. The van der Waals surface area contributed by atoms with Crippen LogP contribution in [0.1, 0.15) is 54.6 Å². The number of nitrogens with one attached hydrogen (secondary N) is 1. The van der Waals surface area contributed by atoms with E-state index in [1.807, 2.05) is 36.5 Å². The van der Waals surface area contributed by atoms with Gasteiger partial charge in [0.15, 0.2) is 0 Å². The SMILES string of the molecule is O=C(Nc1cccc2ccccc12)c1ccnc(C23CC4CC(CC(C4)C2)C3)c1. The van der Waals surface area contributed by atoms with Gasteiger partial charge in [-0.05, 0) is 79.9 Å². The number of carbonyl (C=O) groups is 1. The van der Waals surface area contributed by atoms with Crippen LogP contribution in [-0.2, 0) is 5.41 Å². The monoisotopic (exact) mass is 382 g/mol. The average molecular weight is 383 g/mol. The number of carbonyl (C=O) groups excluding carboxylic acids is 1. The number of anilines is 1. The third kappa shape index (κ3) is 2.87. The molecule has 4 fully saturated rings. The van der Waals surface area contributed by atoms with Gasteiger partial charge >= 0.3 is 0 Å². The molecule has 1 heterocycles. The number of rotatable bonds is 3. The van der Waals surface area contributed by atoms with Crippen LogP contribution in [0, 0.1) is 17.8 Å². The molecule has 1 aromatic heterocycles. The second-order valence-electron chi connectivity index (χ2n) is 9.61. The number of aromatic nitrogens is 1. The van der Waals surface area contributed by atoms with Gasteiger partial charge < -0.3 is 5.32 Å². The first-order chi connectivity index (χ1) is 14.2. The van der Waals surface area contributed by atoms with Crippen molar-refractivity contribution in [2.75, 3.05) is 5.32 Å². The molecule has 29 heavy (non-hydrogen) atoms. The molecule has 7 rings (SSSR count). The van der Waals surface area contributed by atoms with E-state index < -0.39 is 0 Å². The maximum atomic E-state index is 13.1. The number of nitrogens with zero attached hydrogens (tertiary/aromatic N) is 1. The highest BCUT2D eigenvalue weighted by molar-refractivity contribution is 6.09. The lowest BCUT2D eigenvalue weighted by Gasteiger charge is -2.56. The summed E-state index contributed by atoms with van der Waals surface area (Å²) in [5.74, 6) is 2.57. The second kappa shape index (κ2) is 6.41. The first-order valence-electron chi connectivity index (χ1n) is 10.9. The Kier molecular flexibility index (Phi) is 3.80. The standard InChI is InChI=1S/C26H26N2O/c29-25(28-23-7-3-5-20-4-1-2-6-22(20)23)21-8-9-27-24(13-21)26-14-17-10-18(15-26)12-19(11-17)16-26/h1-9,13,17-19H,10-12,14-16H2,(H,28,29). The van der Waals surface area contributed by atoms with E-state index in [4.69, 9.17) is 4.98 Å². The molecule has 4 saturated carbocycles. The lowest BCUT2D eigenvalue weighted by molar-refractivity contribution is -0.00721. The highest BCUT2D eigenvalue weighted by Crippen LogP contribution is 2.60. The Morgan fingerprint density at radius 3 is 2.34 bits per heavy atom. The molecule has 3 heteroatoms. The summed E-state index contributed by atoms with van der Waals surface area (Å²) in [6, 6.07) is 18.1. The van der Waals surface area contributed by atoms with Gasteiger partial charge in [0.2, 0.25) is 0 Å². The van der Waals surface area contributed by atoms with Crippen molar-refractivity contribution in [3.8, 4) is 0 Å². The summed E-state index contributed by atoms with van der Waals surface area (Å²) < 4.78 is 0. The predicted octanol–water partition coefficient (Wildman–Crippen LogP) is 5.95. The molecule has 3 nitrogen and oxygen atoms in total. The summed E-state index contributed by atoms with van der Waals surface area (Å²) in [5, 5.41) is 5.34. The van der Waals surface area contributed by atoms with Crippen LogP contribution >= 0.6 is 0 Å². The van der Waals surface area contributed by atoms with Crippen LogP contribution < -0.4 is 5.32 Å². The van der Waals surface area contributed by atoms with Crippen LogP contribution in [0.3, 0.4) is 0 Å². The maximum absolute atomic E-state index is 13.1. The van der Waals surface area contributed by atoms with Crippen LogP contribution in [0.4, 0.5) is 5.69 Å². The fourth-order valence-corrected chi connectivity index (χ4v) is 6.82. The largest absolute Gasteiger partial charge is 0.321 e. The molecule has 0 spiro atoms. The van der Waals surface area contributed by atoms with Crippen LogP contribution in [0.25, 0.3) is 10.8 Å². The van der Waals surface area contributed by atoms with Gasteiger partial charge in [0.1, 0.15) is 0 Å². The fourth-order valence-electron chi connectivity index (χ4n) is 6.82. The Morgan fingerprint density at radius 2 is 1.59 bits per heavy atom. The first-order valence-corrected chi connectivity index (χ1v) is 10.9. The summed E-state index contributed by atoms with van der Waals surface area (Å²) in [4.78, 5) is 17.9. The normalized spacial score (nSPS) is 29.9. The zero-order chi connectivity index (χ0) is 19.4. The Hall–Kier alpha value is -2.68. The summed E-state index contributed by atoms with van der Waals surface area (Å²) >= 11 is 0. The van der Waals surface area contributed by atoms with E-state index in [0.29, 0.717) is 0 Å². The first kappa shape index (κ1) is 17.2. The lowest BCUT2D eigenvalue weighted by Crippen LogP contribution is -2.49. The van der Waals surface area contributed by atoms with Crippen LogP contribution in [0.15, 0.2) is 60.8 Å². The van der Waals surface area contributed by atoms with Crippen molar-refractivity contribution in [3.63, 3.8) is 0 Å². The van der Waals surface area contributed by atoms with E-state index in [2.05, 4.69) is 29.6 Å². The van der Waals surface area contributed by atoms with Gasteiger partial charge in [-0.2, -0.15) is 0 Å². The van der Waals surface area contributed by atoms with Gasteiger partial charge in [-0.25, -0.2) is 0 Å². The van der Waals surface area contributed by atoms with Crippen molar-refractivity contribution in [2.45, 2.75) is 43.9 Å². The predicted molar refractivity (Wildman–Crippen MR) is 116 cm³/mol. The molecule has 2 aromatic carbocycles. The maximum Gasteiger partial charge on any atom is 0.255 e. The molecular weight excluding hydrogens is 356 g/mol. The van der Waals surface area contributed by atoms with E-state index >= 15 is 0 Å². The third-order valence-electron chi connectivity index (χ3n) is 7.64. The van der Waals surface area contributed by atoms with Gasteiger partial charge in [-0.3, -0.25) is 9.78 Å². The van der Waals surface area contributed by atoms with Crippen molar-refractivity contribution in [2.24, 2.45) is 17.8 Å². The van der Waals surface area contributed by atoms with E-state index in [1.165, 1.54) is 38.5 Å². The van der Waals surface area contributed by atoms with Gasteiger partial charge in [-0.1, -0.05) is 36.4 Å². The summed E-state index contributed by atoms with van der Waals surface area (Å²) in [6.45, 7) is 0. The molecule has 0 unspecified atom stereocenters. The molecule has 4 aliphatic rings. The minimum absolute atomic E-state index is 0.0465. The smallest absolute Gasteiger partial charge is 0.255 e. The van der Waals surface area contributed by atoms with Crippen LogP contribution in [0.5, 0.6) is 0 Å². The molecule has 0 radical (unpaired) electrons. The number of hydrogen-bond acceptors (Lipinski definition) is 2. The van der Waals surface area contributed by atoms with E-state index in [9.17, 15) is 4.79 Å². The Bertz CT molecular complexity index is 1060. The molecule has 1 N–H and O–H groups in total. The Balaban J connectivity index is 1.31. The van der Waals surface area contributed by atoms with Crippen molar-refractivity contribution < 1.29 is 4.79 Å². The van der Waals surface area contributed by atoms with E-state index in [0.717, 1.165) is 45.5 Å². The van der Waals surface area contributed by atoms with Gasteiger partial charge in [-0.15, -0.1) is 0 Å². The topological polar surface area (TPSA) is 42.0 Å². The minimum Gasteiger partial charge on any atom is -0.321 e. The number of benzene rings is 2. The Labute approximate surface area is 171 Å². The molecule has 0 saturated heterocycles. The summed E-state index contributed by atoms with van der Waals surface area (Å²) in [6.07, 6.45) is 9.88. The van der Waals surface area contributed by atoms with Gasteiger partial charge in [0, 0.05) is 33.9 Å². The van der Waals surface area contributed by atoms with E-state index in [-0.39, 0.29) is 11.3 Å². The molecular formula is C26H26N2O. The van der Waals surface area contributed by atoms with Crippen LogP contribution in [-0.4, -0.2) is 10.9 Å². The van der Waals surface area contributed by atoms with Gasteiger partial charge in [0.05, 0.1) is 0 Å². The number of pyridine rings is 1. The molecule has 4 aliphatic carbocycles. The number of amides is 1. The molecule has 0 aliphatic heterocycles. The zero-order valence-corrected chi connectivity index (χ0v) is 16.6. The minimum atomic E-state index is -0.0465. The quantitative estimate of drug-likeness (QED) is 0.608. The molecule has 3 aromatic rings. The molecule has 1 amide bonds. The number of hydrogen-bond donors (Lipinski definition) is 1. The zero-order valence-electron chi connectivity index (χ0n) is 16.6. The summed E-state index contributed by atoms with van der Waals surface area (Å²) in [5.41, 5.74) is 2.95. The van der Waals surface area contributed by atoms with Crippen molar-refractivity contribution in [1.82, 2.24) is 4.98 Å². The third-order valence-corrected chi connectivity index (χ3v) is 7.64. The molecule has 0 atom stereocenters. The van der Waals surface area contributed by atoms with Crippen molar-refractivity contribution in [3.05, 3.63) is 72.1 Å². The van der Waals surface area contributed by atoms with Gasteiger partial charge in [0.25, 0.3) is 5.91 Å².